The van der Waals surface area contributed by atoms with Crippen LogP contribution in [-0.4, -0.2) is 35.2 Å². The number of carbonyl (C=O) groups is 3. The van der Waals surface area contributed by atoms with E-state index in [0.717, 1.165) is 0 Å². The maximum atomic E-state index is 12.7. The molecule has 0 radical (unpaired) electrons. The molecular formula is C22H23N3O6. The standard InChI is InChI=1S/C22H23N3O6/c1-4-6-19(26)15-9-10-20-18(11-15)24(22(28)14(3)31-20)12-21(27)23-16-7-5-8-17(13(16)2)25(29)30/h5,7-11,14H,4,6,12H2,1-3H3,(H,23,27). The van der Waals surface area contributed by atoms with E-state index >= 15 is 0 Å². The van der Waals surface area contributed by atoms with Gasteiger partial charge in [-0.25, -0.2) is 0 Å². The fraction of sp³-hybridized carbons (Fsp3) is 0.318. The molecule has 2 aromatic rings. The Bertz CT molecular complexity index is 1070. The lowest BCUT2D eigenvalue weighted by Gasteiger charge is -2.33. The second-order valence-electron chi connectivity index (χ2n) is 7.30. The van der Waals surface area contributed by atoms with Crippen LogP contribution < -0.4 is 15.0 Å². The van der Waals surface area contributed by atoms with Crippen molar-refractivity contribution in [1.82, 2.24) is 0 Å². The first-order chi connectivity index (χ1) is 14.7. The number of benzene rings is 2. The van der Waals surface area contributed by atoms with Crippen LogP contribution in [0.4, 0.5) is 17.1 Å². The van der Waals surface area contributed by atoms with Crippen LogP contribution in [0.5, 0.6) is 5.75 Å². The van der Waals surface area contributed by atoms with E-state index in [2.05, 4.69) is 5.32 Å². The van der Waals surface area contributed by atoms with Crippen molar-refractivity contribution in [2.75, 3.05) is 16.8 Å². The maximum Gasteiger partial charge on any atom is 0.274 e. The molecule has 1 atom stereocenters. The van der Waals surface area contributed by atoms with Gasteiger partial charge in [0.05, 0.1) is 21.9 Å². The second kappa shape index (κ2) is 8.95. The zero-order valence-corrected chi connectivity index (χ0v) is 17.5. The van der Waals surface area contributed by atoms with Crippen LogP contribution in [0, 0.1) is 17.0 Å². The van der Waals surface area contributed by atoms with E-state index in [1.807, 2.05) is 6.92 Å². The molecule has 0 saturated heterocycles. The van der Waals surface area contributed by atoms with Crippen molar-refractivity contribution in [1.29, 1.82) is 0 Å². The number of fused-ring (bicyclic) bond motifs is 1. The molecule has 9 heteroatoms. The van der Waals surface area contributed by atoms with Gasteiger partial charge in [0.15, 0.2) is 11.9 Å². The first-order valence-corrected chi connectivity index (χ1v) is 9.92. The van der Waals surface area contributed by atoms with E-state index in [9.17, 15) is 24.5 Å². The molecule has 1 heterocycles. The highest BCUT2D eigenvalue weighted by Crippen LogP contribution is 2.35. The molecule has 1 aliphatic rings. The predicted molar refractivity (Wildman–Crippen MR) is 115 cm³/mol. The van der Waals surface area contributed by atoms with Gasteiger partial charge in [-0.1, -0.05) is 13.0 Å². The number of rotatable bonds is 7. The molecule has 31 heavy (non-hydrogen) atoms. The van der Waals surface area contributed by atoms with Gasteiger partial charge >= 0.3 is 0 Å². The minimum absolute atomic E-state index is 0.0620. The van der Waals surface area contributed by atoms with Crippen LogP contribution in [0.1, 0.15) is 42.6 Å². The van der Waals surface area contributed by atoms with E-state index in [1.54, 1.807) is 31.2 Å². The fourth-order valence-corrected chi connectivity index (χ4v) is 3.40. The van der Waals surface area contributed by atoms with Crippen LogP contribution in [0.3, 0.4) is 0 Å². The highest BCUT2D eigenvalue weighted by molar-refractivity contribution is 6.07. The molecular weight excluding hydrogens is 402 g/mol. The summed E-state index contributed by atoms with van der Waals surface area (Å²) in [4.78, 5) is 49.6. The van der Waals surface area contributed by atoms with Gasteiger partial charge in [-0.2, -0.15) is 0 Å². The van der Waals surface area contributed by atoms with Crippen molar-refractivity contribution < 1.29 is 24.0 Å². The molecule has 162 valence electrons. The minimum atomic E-state index is -0.794. The normalized spacial score (nSPS) is 15.1. The van der Waals surface area contributed by atoms with E-state index in [-0.39, 0.29) is 18.0 Å². The number of Topliss-reactive ketones (excluding diaryl/α,β-unsaturated/α-hetero) is 1. The average Bonchev–Trinajstić information content (AvgIpc) is 2.72. The number of nitrogens with zero attached hydrogens (tertiary/aromatic N) is 2. The summed E-state index contributed by atoms with van der Waals surface area (Å²) >= 11 is 0. The number of carbonyl (C=O) groups excluding carboxylic acids is 3. The monoisotopic (exact) mass is 425 g/mol. The molecule has 2 aromatic carbocycles. The number of ether oxygens (including phenoxy) is 1. The summed E-state index contributed by atoms with van der Waals surface area (Å²) in [5, 5.41) is 13.8. The molecule has 3 rings (SSSR count). The lowest BCUT2D eigenvalue weighted by Crippen LogP contribution is -2.47. The summed E-state index contributed by atoms with van der Waals surface area (Å²) < 4.78 is 5.62. The first kappa shape index (κ1) is 21.9. The molecule has 0 bridgehead atoms. The zero-order valence-electron chi connectivity index (χ0n) is 17.5. The summed E-state index contributed by atoms with van der Waals surface area (Å²) in [5.41, 5.74) is 1.27. The molecule has 0 aliphatic carbocycles. The number of nitrogens with one attached hydrogen (secondary N) is 1. The maximum absolute atomic E-state index is 12.7. The smallest absolute Gasteiger partial charge is 0.274 e. The summed E-state index contributed by atoms with van der Waals surface area (Å²) in [6, 6.07) is 9.20. The van der Waals surface area contributed by atoms with Crippen molar-refractivity contribution in [3.8, 4) is 5.75 Å². The number of nitro groups is 1. The summed E-state index contributed by atoms with van der Waals surface area (Å²) in [6.07, 6.45) is 0.269. The van der Waals surface area contributed by atoms with Crippen molar-refractivity contribution in [2.45, 2.75) is 39.7 Å². The third-order valence-electron chi connectivity index (χ3n) is 5.04. The SMILES string of the molecule is CCCC(=O)c1ccc2c(c1)N(CC(=O)Nc1cccc([N+](=O)[O-])c1C)C(=O)C(C)O2. The van der Waals surface area contributed by atoms with Gasteiger partial charge in [-0.3, -0.25) is 29.4 Å². The quantitative estimate of drug-likeness (QED) is 0.411. The topological polar surface area (TPSA) is 119 Å². The molecule has 1 aliphatic heterocycles. The third kappa shape index (κ3) is 4.55. The van der Waals surface area contributed by atoms with Crippen molar-refractivity contribution in [3.63, 3.8) is 0 Å². The van der Waals surface area contributed by atoms with Crippen LogP contribution >= 0.6 is 0 Å². The predicted octanol–water partition coefficient (Wildman–Crippen LogP) is 3.64. The molecule has 0 spiro atoms. The van der Waals surface area contributed by atoms with Gasteiger partial charge in [0.2, 0.25) is 5.91 Å². The zero-order chi connectivity index (χ0) is 22.7. The van der Waals surface area contributed by atoms with Crippen LogP contribution in [-0.2, 0) is 9.59 Å². The van der Waals surface area contributed by atoms with Crippen molar-refractivity contribution >= 4 is 34.7 Å². The Morgan fingerprint density at radius 2 is 2.00 bits per heavy atom. The van der Waals surface area contributed by atoms with Crippen LogP contribution in [0.15, 0.2) is 36.4 Å². The van der Waals surface area contributed by atoms with Gasteiger partial charge in [-0.15, -0.1) is 0 Å². The number of ketones is 1. The summed E-state index contributed by atoms with van der Waals surface area (Å²) in [5.74, 6) is -0.603. The van der Waals surface area contributed by atoms with E-state index < -0.39 is 22.8 Å². The van der Waals surface area contributed by atoms with Gasteiger partial charge < -0.3 is 10.1 Å². The summed E-state index contributed by atoms with van der Waals surface area (Å²) in [6.45, 7) is 4.69. The molecule has 9 nitrogen and oxygen atoms in total. The largest absolute Gasteiger partial charge is 0.479 e. The Hall–Kier alpha value is -3.75. The molecule has 0 saturated carbocycles. The third-order valence-corrected chi connectivity index (χ3v) is 5.04. The van der Waals surface area contributed by atoms with E-state index in [4.69, 9.17) is 4.74 Å². The highest BCUT2D eigenvalue weighted by Gasteiger charge is 2.33. The van der Waals surface area contributed by atoms with Crippen molar-refractivity contribution in [3.05, 3.63) is 57.6 Å². The Kier molecular flexibility index (Phi) is 6.33. The van der Waals surface area contributed by atoms with E-state index in [1.165, 1.54) is 24.0 Å². The second-order valence-corrected chi connectivity index (χ2v) is 7.30. The Morgan fingerprint density at radius 1 is 1.26 bits per heavy atom. The van der Waals surface area contributed by atoms with Gasteiger partial charge in [-0.05, 0) is 44.5 Å². The number of hydrogen-bond acceptors (Lipinski definition) is 6. The minimum Gasteiger partial charge on any atom is -0.479 e. The molecule has 0 fully saturated rings. The number of hydrogen-bond donors (Lipinski definition) is 1. The first-order valence-electron chi connectivity index (χ1n) is 9.92. The lowest BCUT2D eigenvalue weighted by molar-refractivity contribution is -0.385. The Morgan fingerprint density at radius 3 is 2.68 bits per heavy atom. The summed E-state index contributed by atoms with van der Waals surface area (Å²) in [7, 11) is 0. The molecule has 1 N–H and O–H groups in total. The highest BCUT2D eigenvalue weighted by atomic mass is 16.6. The molecule has 2 amide bonds. The molecule has 0 aromatic heterocycles. The van der Waals surface area contributed by atoms with Gasteiger partial charge in [0, 0.05) is 18.1 Å². The Balaban J connectivity index is 1.87. The number of amides is 2. The Labute approximate surface area is 179 Å². The van der Waals surface area contributed by atoms with Gasteiger partial charge in [0.1, 0.15) is 12.3 Å². The average molecular weight is 425 g/mol. The van der Waals surface area contributed by atoms with Crippen molar-refractivity contribution in [2.24, 2.45) is 0 Å². The lowest BCUT2D eigenvalue weighted by atomic mass is 10.0. The van der Waals surface area contributed by atoms with Crippen LogP contribution in [0.2, 0.25) is 0 Å². The number of nitro benzene ring substituents is 1. The molecule has 1 unspecified atom stereocenters. The fourth-order valence-electron chi connectivity index (χ4n) is 3.40. The van der Waals surface area contributed by atoms with Gasteiger partial charge in [0.25, 0.3) is 11.6 Å². The number of anilines is 2. The van der Waals surface area contributed by atoms with E-state index in [0.29, 0.717) is 41.1 Å². The van der Waals surface area contributed by atoms with Crippen LogP contribution in [0.25, 0.3) is 0 Å².